The van der Waals surface area contributed by atoms with Gasteiger partial charge >= 0.3 is 0 Å². The molecule has 3 aromatic rings. The van der Waals surface area contributed by atoms with Crippen molar-refractivity contribution in [2.45, 2.75) is 32.9 Å². The highest BCUT2D eigenvalue weighted by atomic mass is 79.9. The SMILES string of the molecule is CC(C)(C)c1ccc(-c2nn(CNc3ccc(Br)cc3)c(=S)o2)cc1. The van der Waals surface area contributed by atoms with Crippen molar-refractivity contribution < 1.29 is 4.42 Å². The second-order valence-electron chi connectivity index (χ2n) is 6.84. The molecule has 2 aromatic carbocycles. The third kappa shape index (κ3) is 4.38. The fourth-order valence-corrected chi connectivity index (χ4v) is 2.82. The number of rotatable bonds is 4. The summed E-state index contributed by atoms with van der Waals surface area (Å²) in [6.07, 6.45) is 0. The third-order valence-electron chi connectivity index (χ3n) is 3.88. The summed E-state index contributed by atoms with van der Waals surface area (Å²) in [6.45, 7) is 7.02. The van der Waals surface area contributed by atoms with Gasteiger partial charge in [0.25, 0.3) is 4.84 Å². The number of nitrogens with zero attached hydrogens (tertiary/aromatic N) is 2. The van der Waals surface area contributed by atoms with Gasteiger partial charge in [0.15, 0.2) is 0 Å². The van der Waals surface area contributed by atoms with Crippen LogP contribution in [-0.4, -0.2) is 9.78 Å². The van der Waals surface area contributed by atoms with E-state index in [0.29, 0.717) is 17.4 Å². The number of hydrogen-bond acceptors (Lipinski definition) is 4. The molecule has 1 heterocycles. The molecule has 1 aromatic heterocycles. The lowest BCUT2D eigenvalue weighted by atomic mass is 9.87. The summed E-state index contributed by atoms with van der Waals surface area (Å²) in [4.78, 5) is 0.347. The van der Waals surface area contributed by atoms with Crippen LogP contribution in [0.3, 0.4) is 0 Å². The molecule has 0 aliphatic carbocycles. The van der Waals surface area contributed by atoms with Gasteiger partial charge in [0, 0.05) is 15.7 Å². The van der Waals surface area contributed by atoms with Gasteiger partial charge < -0.3 is 9.73 Å². The second-order valence-corrected chi connectivity index (χ2v) is 8.11. The number of hydrogen-bond donors (Lipinski definition) is 1. The van der Waals surface area contributed by atoms with E-state index < -0.39 is 0 Å². The van der Waals surface area contributed by atoms with Gasteiger partial charge in [-0.2, -0.15) is 0 Å². The first kappa shape index (κ1) is 17.9. The minimum Gasteiger partial charge on any atom is -0.409 e. The molecule has 0 fully saturated rings. The highest BCUT2D eigenvalue weighted by molar-refractivity contribution is 9.10. The van der Waals surface area contributed by atoms with E-state index in [2.05, 4.69) is 59.2 Å². The fourth-order valence-electron chi connectivity index (χ4n) is 2.37. The Balaban J connectivity index is 1.75. The lowest BCUT2D eigenvalue weighted by Crippen LogP contribution is -2.10. The Kier molecular flexibility index (Phi) is 5.11. The lowest BCUT2D eigenvalue weighted by molar-refractivity contribution is 0.522. The number of anilines is 1. The Morgan fingerprint density at radius 2 is 1.72 bits per heavy atom. The average molecular weight is 418 g/mol. The highest BCUT2D eigenvalue weighted by Gasteiger charge is 2.14. The van der Waals surface area contributed by atoms with Gasteiger partial charge in [-0.05, 0) is 59.6 Å². The topological polar surface area (TPSA) is 43.0 Å². The molecule has 3 rings (SSSR count). The fraction of sp³-hybridized carbons (Fsp3) is 0.263. The Morgan fingerprint density at radius 3 is 2.32 bits per heavy atom. The first-order valence-electron chi connectivity index (χ1n) is 8.01. The smallest absolute Gasteiger partial charge is 0.289 e. The van der Waals surface area contributed by atoms with Crippen molar-refractivity contribution in [2.24, 2.45) is 0 Å². The zero-order chi connectivity index (χ0) is 18.0. The molecule has 0 amide bonds. The van der Waals surface area contributed by atoms with Crippen molar-refractivity contribution in [3.05, 3.63) is 63.4 Å². The summed E-state index contributed by atoms with van der Waals surface area (Å²) in [5, 5.41) is 7.75. The minimum absolute atomic E-state index is 0.118. The predicted molar refractivity (Wildman–Crippen MR) is 107 cm³/mol. The second kappa shape index (κ2) is 7.14. The Labute approximate surface area is 161 Å². The maximum atomic E-state index is 5.65. The quantitative estimate of drug-likeness (QED) is 0.528. The molecule has 0 radical (unpaired) electrons. The van der Waals surface area contributed by atoms with Crippen LogP contribution in [0, 0.1) is 4.84 Å². The van der Waals surface area contributed by atoms with E-state index in [-0.39, 0.29) is 5.41 Å². The monoisotopic (exact) mass is 417 g/mol. The van der Waals surface area contributed by atoms with Gasteiger partial charge in [0.05, 0.1) is 0 Å². The number of aromatic nitrogens is 2. The molecule has 0 unspecified atom stereocenters. The summed E-state index contributed by atoms with van der Waals surface area (Å²) < 4.78 is 8.34. The van der Waals surface area contributed by atoms with E-state index in [1.807, 2.05) is 36.4 Å². The predicted octanol–water partition coefficient (Wildman–Crippen LogP) is 6.00. The summed E-state index contributed by atoms with van der Waals surface area (Å²) in [7, 11) is 0. The van der Waals surface area contributed by atoms with Crippen molar-refractivity contribution in [3.63, 3.8) is 0 Å². The van der Waals surface area contributed by atoms with E-state index in [9.17, 15) is 0 Å². The van der Waals surface area contributed by atoms with Crippen LogP contribution in [-0.2, 0) is 12.1 Å². The standard InChI is InChI=1S/C19H20BrN3OS/c1-19(2,3)14-6-4-13(5-7-14)17-22-23(18(25)24-17)12-21-16-10-8-15(20)9-11-16/h4-11,21H,12H2,1-3H3. The van der Waals surface area contributed by atoms with Crippen molar-refractivity contribution in [1.82, 2.24) is 9.78 Å². The van der Waals surface area contributed by atoms with E-state index >= 15 is 0 Å². The zero-order valence-electron chi connectivity index (χ0n) is 14.4. The number of benzene rings is 2. The van der Waals surface area contributed by atoms with Crippen LogP contribution in [0.2, 0.25) is 0 Å². The van der Waals surface area contributed by atoms with Crippen molar-refractivity contribution >= 4 is 33.8 Å². The van der Waals surface area contributed by atoms with Crippen LogP contribution in [0.15, 0.2) is 57.4 Å². The van der Waals surface area contributed by atoms with Crippen LogP contribution in [0.4, 0.5) is 5.69 Å². The summed E-state index contributed by atoms with van der Waals surface area (Å²) in [5.41, 5.74) is 3.30. The van der Waals surface area contributed by atoms with E-state index in [1.165, 1.54) is 5.56 Å². The van der Waals surface area contributed by atoms with Crippen LogP contribution in [0.1, 0.15) is 26.3 Å². The molecule has 25 heavy (non-hydrogen) atoms. The maximum absolute atomic E-state index is 5.65. The van der Waals surface area contributed by atoms with Crippen LogP contribution in [0.5, 0.6) is 0 Å². The number of nitrogens with one attached hydrogen (secondary N) is 1. The Morgan fingerprint density at radius 1 is 1.08 bits per heavy atom. The molecule has 0 bridgehead atoms. The molecule has 0 saturated heterocycles. The minimum atomic E-state index is 0.118. The largest absolute Gasteiger partial charge is 0.409 e. The molecule has 1 N–H and O–H groups in total. The molecule has 0 aliphatic rings. The molecule has 130 valence electrons. The molecule has 0 spiro atoms. The first-order chi connectivity index (χ1) is 11.8. The Bertz CT molecular complexity index is 906. The summed E-state index contributed by atoms with van der Waals surface area (Å²) in [6, 6.07) is 16.2. The molecule has 0 saturated carbocycles. The average Bonchev–Trinajstić information content (AvgIpc) is 2.95. The third-order valence-corrected chi connectivity index (χ3v) is 4.70. The molecule has 6 heteroatoms. The maximum Gasteiger partial charge on any atom is 0.289 e. The van der Waals surface area contributed by atoms with E-state index in [4.69, 9.17) is 16.6 Å². The van der Waals surface area contributed by atoms with Gasteiger partial charge in [-0.25, -0.2) is 4.68 Å². The zero-order valence-corrected chi connectivity index (χ0v) is 16.8. The van der Waals surface area contributed by atoms with Gasteiger partial charge in [0.1, 0.15) is 6.67 Å². The normalized spacial score (nSPS) is 11.5. The molecular formula is C19H20BrN3OS. The van der Waals surface area contributed by atoms with Crippen LogP contribution < -0.4 is 5.32 Å². The van der Waals surface area contributed by atoms with Crippen molar-refractivity contribution in [2.75, 3.05) is 5.32 Å². The van der Waals surface area contributed by atoms with E-state index in [0.717, 1.165) is 15.7 Å². The first-order valence-corrected chi connectivity index (χ1v) is 9.21. The van der Waals surface area contributed by atoms with Gasteiger partial charge in [-0.15, -0.1) is 5.10 Å². The van der Waals surface area contributed by atoms with Crippen LogP contribution >= 0.6 is 28.1 Å². The highest BCUT2D eigenvalue weighted by Crippen LogP contribution is 2.25. The van der Waals surface area contributed by atoms with Crippen LogP contribution in [0.25, 0.3) is 11.5 Å². The van der Waals surface area contributed by atoms with Crippen molar-refractivity contribution in [3.8, 4) is 11.5 Å². The van der Waals surface area contributed by atoms with Crippen molar-refractivity contribution in [1.29, 1.82) is 0 Å². The van der Waals surface area contributed by atoms with Gasteiger partial charge in [-0.3, -0.25) is 0 Å². The molecule has 4 nitrogen and oxygen atoms in total. The summed E-state index contributed by atoms with van der Waals surface area (Å²) in [5.74, 6) is 0.531. The summed E-state index contributed by atoms with van der Waals surface area (Å²) >= 11 is 8.70. The Hall–Kier alpha value is -1.92. The van der Waals surface area contributed by atoms with Gasteiger partial charge in [-0.1, -0.05) is 48.8 Å². The van der Waals surface area contributed by atoms with Gasteiger partial charge in [0.2, 0.25) is 5.89 Å². The number of halogens is 1. The molecule has 0 aliphatic heterocycles. The lowest BCUT2D eigenvalue weighted by Gasteiger charge is -2.18. The molecular weight excluding hydrogens is 398 g/mol. The molecule has 0 atom stereocenters. The van der Waals surface area contributed by atoms with E-state index in [1.54, 1.807) is 4.68 Å².